The number of nitrogen functional groups attached to an aromatic ring is 1. The molecule has 0 saturated heterocycles. The number of H-pyrrole nitrogens is 1. The second kappa shape index (κ2) is 3.52. The fourth-order valence-electron chi connectivity index (χ4n) is 2.08. The molecular formula is C12H9N7. The normalized spacial score (nSPS) is 11.4. The average molecular weight is 251 g/mol. The first kappa shape index (κ1) is 10.0. The number of aromatic amines is 1. The van der Waals surface area contributed by atoms with Crippen molar-refractivity contribution in [2.45, 2.75) is 0 Å². The fourth-order valence-corrected chi connectivity index (χ4v) is 2.08. The van der Waals surface area contributed by atoms with Gasteiger partial charge in [0.25, 0.3) is 0 Å². The minimum Gasteiger partial charge on any atom is -0.368 e. The predicted octanol–water partition coefficient (Wildman–Crippen LogP) is 1.27. The van der Waals surface area contributed by atoms with Crippen LogP contribution < -0.4 is 5.73 Å². The van der Waals surface area contributed by atoms with Gasteiger partial charge in [0, 0.05) is 11.6 Å². The first-order valence-electron chi connectivity index (χ1n) is 5.71. The van der Waals surface area contributed by atoms with Crippen molar-refractivity contribution in [3.63, 3.8) is 0 Å². The first-order valence-corrected chi connectivity index (χ1v) is 5.71. The van der Waals surface area contributed by atoms with Gasteiger partial charge >= 0.3 is 0 Å². The predicted molar refractivity (Wildman–Crippen MR) is 70.7 cm³/mol. The van der Waals surface area contributed by atoms with E-state index >= 15 is 0 Å². The van der Waals surface area contributed by atoms with Crippen molar-refractivity contribution in [3.05, 3.63) is 36.8 Å². The number of hydrogen-bond acceptors (Lipinski definition) is 5. The number of hydrogen-bond donors (Lipinski definition) is 2. The van der Waals surface area contributed by atoms with E-state index in [2.05, 4.69) is 25.3 Å². The van der Waals surface area contributed by atoms with Crippen LogP contribution in [-0.2, 0) is 0 Å². The third-order valence-corrected chi connectivity index (χ3v) is 3.00. The molecule has 7 heteroatoms. The van der Waals surface area contributed by atoms with Gasteiger partial charge in [-0.3, -0.25) is 5.10 Å². The fraction of sp³-hybridized carbons (Fsp3) is 0. The Bertz CT molecular complexity index is 889. The Hall–Kier alpha value is -2.96. The quantitative estimate of drug-likeness (QED) is 0.531. The zero-order valence-corrected chi connectivity index (χ0v) is 9.78. The number of aromatic nitrogens is 6. The Morgan fingerprint density at radius 1 is 1.11 bits per heavy atom. The van der Waals surface area contributed by atoms with Crippen molar-refractivity contribution in [2.24, 2.45) is 0 Å². The monoisotopic (exact) mass is 251 g/mol. The summed E-state index contributed by atoms with van der Waals surface area (Å²) in [6, 6.07) is 5.90. The summed E-state index contributed by atoms with van der Waals surface area (Å²) in [6.45, 7) is 0. The van der Waals surface area contributed by atoms with Gasteiger partial charge in [0.05, 0.1) is 29.0 Å². The minimum absolute atomic E-state index is 0.233. The van der Waals surface area contributed by atoms with Gasteiger partial charge in [0.15, 0.2) is 5.65 Å². The molecule has 0 aliphatic carbocycles. The number of rotatable bonds is 1. The number of nitrogens with one attached hydrogen (secondary N) is 1. The lowest BCUT2D eigenvalue weighted by Crippen LogP contribution is -2.00. The van der Waals surface area contributed by atoms with Crippen molar-refractivity contribution in [2.75, 3.05) is 5.73 Å². The van der Waals surface area contributed by atoms with Gasteiger partial charge in [-0.15, -0.1) is 0 Å². The van der Waals surface area contributed by atoms with Crippen LogP contribution in [0.2, 0.25) is 0 Å². The van der Waals surface area contributed by atoms with Gasteiger partial charge < -0.3 is 5.73 Å². The highest BCUT2D eigenvalue weighted by Gasteiger charge is 2.08. The number of anilines is 1. The van der Waals surface area contributed by atoms with Gasteiger partial charge in [-0.05, 0) is 18.2 Å². The van der Waals surface area contributed by atoms with Crippen LogP contribution in [0.4, 0.5) is 5.95 Å². The Morgan fingerprint density at radius 3 is 3.00 bits per heavy atom. The van der Waals surface area contributed by atoms with E-state index in [4.69, 9.17) is 5.73 Å². The average Bonchev–Trinajstić information content (AvgIpc) is 3.03. The summed E-state index contributed by atoms with van der Waals surface area (Å²) in [5, 5.41) is 13.2. The lowest BCUT2D eigenvalue weighted by molar-refractivity contribution is 0.897. The summed E-state index contributed by atoms with van der Waals surface area (Å²) < 4.78 is 1.73. The molecule has 19 heavy (non-hydrogen) atoms. The molecule has 0 amide bonds. The molecule has 3 heterocycles. The smallest absolute Gasteiger partial charge is 0.222 e. The highest BCUT2D eigenvalue weighted by molar-refractivity contribution is 5.82. The largest absolute Gasteiger partial charge is 0.368 e. The van der Waals surface area contributed by atoms with Gasteiger partial charge in [-0.1, -0.05) is 0 Å². The first-order chi connectivity index (χ1) is 9.31. The van der Waals surface area contributed by atoms with Crippen LogP contribution in [0.25, 0.3) is 27.6 Å². The van der Waals surface area contributed by atoms with Gasteiger partial charge in [0.2, 0.25) is 5.95 Å². The van der Waals surface area contributed by atoms with Gasteiger partial charge in [-0.25, -0.2) is 9.67 Å². The van der Waals surface area contributed by atoms with E-state index in [0.29, 0.717) is 5.65 Å². The van der Waals surface area contributed by atoms with Crippen molar-refractivity contribution in [1.82, 2.24) is 29.9 Å². The van der Waals surface area contributed by atoms with E-state index in [-0.39, 0.29) is 5.95 Å². The van der Waals surface area contributed by atoms with E-state index < -0.39 is 0 Å². The van der Waals surface area contributed by atoms with Gasteiger partial charge in [0.1, 0.15) is 0 Å². The number of nitrogens with two attached hydrogens (primary N) is 1. The minimum atomic E-state index is 0.233. The van der Waals surface area contributed by atoms with Crippen LogP contribution in [0.5, 0.6) is 0 Å². The second-order valence-corrected chi connectivity index (χ2v) is 4.21. The molecule has 7 nitrogen and oxygen atoms in total. The van der Waals surface area contributed by atoms with Crippen LogP contribution in [-0.4, -0.2) is 29.9 Å². The van der Waals surface area contributed by atoms with Crippen molar-refractivity contribution in [1.29, 1.82) is 0 Å². The Morgan fingerprint density at radius 2 is 2.05 bits per heavy atom. The highest BCUT2D eigenvalue weighted by Crippen LogP contribution is 2.19. The molecular weight excluding hydrogens is 242 g/mol. The molecule has 0 atom stereocenters. The molecule has 4 aromatic rings. The summed E-state index contributed by atoms with van der Waals surface area (Å²) in [4.78, 5) is 8.17. The number of fused-ring (bicyclic) bond motifs is 2. The maximum Gasteiger partial charge on any atom is 0.222 e. The van der Waals surface area contributed by atoms with Crippen molar-refractivity contribution < 1.29 is 0 Å². The third kappa shape index (κ3) is 1.45. The van der Waals surface area contributed by atoms with E-state index in [1.807, 2.05) is 18.2 Å². The molecule has 3 aromatic heterocycles. The Kier molecular flexibility index (Phi) is 1.85. The molecule has 0 bridgehead atoms. The van der Waals surface area contributed by atoms with Crippen LogP contribution >= 0.6 is 0 Å². The van der Waals surface area contributed by atoms with Crippen molar-refractivity contribution >= 4 is 27.9 Å². The molecule has 1 aromatic carbocycles. The van der Waals surface area contributed by atoms with Crippen LogP contribution in [0.15, 0.2) is 36.8 Å². The molecule has 0 radical (unpaired) electrons. The zero-order valence-electron chi connectivity index (χ0n) is 9.78. The van der Waals surface area contributed by atoms with E-state index in [1.54, 1.807) is 23.3 Å². The zero-order chi connectivity index (χ0) is 12.8. The second-order valence-electron chi connectivity index (χ2n) is 4.21. The van der Waals surface area contributed by atoms with Gasteiger partial charge in [-0.2, -0.15) is 15.2 Å². The molecule has 0 fully saturated rings. The van der Waals surface area contributed by atoms with E-state index in [1.165, 1.54) is 0 Å². The lowest BCUT2D eigenvalue weighted by Gasteiger charge is -2.03. The topological polar surface area (TPSA) is 98.3 Å². The maximum absolute atomic E-state index is 5.62. The summed E-state index contributed by atoms with van der Waals surface area (Å²) in [5.74, 6) is 0.233. The molecule has 0 aliphatic heterocycles. The molecule has 0 saturated carbocycles. The molecule has 0 unspecified atom stereocenters. The summed E-state index contributed by atoms with van der Waals surface area (Å²) in [5.41, 5.74) is 8.15. The summed E-state index contributed by atoms with van der Waals surface area (Å²) in [7, 11) is 0. The molecule has 92 valence electrons. The van der Waals surface area contributed by atoms with E-state index in [0.717, 1.165) is 22.0 Å². The molecule has 3 N–H and O–H groups in total. The molecule has 0 aliphatic rings. The Balaban J connectivity index is 2.00. The number of benzene rings is 1. The lowest BCUT2D eigenvalue weighted by atomic mass is 10.2. The molecule has 0 spiro atoms. The number of nitrogens with zero attached hydrogens (tertiary/aromatic N) is 5. The SMILES string of the molecule is Nc1ncc2cnn(-c3ccc4cn[nH]c4c3)c2n1. The summed E-state index contributed by atoms with van der Waals surface area (Å²) >= 11 is 0. The highest BCUT2D eigenvalue weighted by atomic mass is 15.3. The van der Waals surface area contributed by atoms with Crippen LogP contribution in [0.1, 0.15) is 0 Å². The van der Waals surface area contributed by atoms with E-state index in [9.17, 15) is 0 Å². The third-order valence-electron chi connectivity index (χ3n) is 3.00. The molecule has 4 rings (SSSR count). The van der Waals surface area contributed by atoms with Crippen LogP contribution in [0, 0.1) is 0 Å². The Labute approximate surface area is 107 Å². The van der Waals surface area contributed by atoms with Crippen molar-refractivity contribution in [3.8, 4) is 5.69 Å². The maximum atomic E-state index is 5.62. The van der Waals surface area contributed by atoms with Crippen LogP contribution in [0.3, 0.4) is 0 Å². The summed E-state index contributed by atoms with van der Waals surface area (Å²) in [6.07, 6.45) is 5.16. The standard InChI is InChI=1S/C12H9N7/c13-12-14-4-8-6-16-19(11(8)17-12)9-2-1-7-5-15-18-10(7)3-9/h1-6H,(H,15,18)(H2,13,14,17).